The lowest BCUT2D eigenvalue weighted by Crippen LogP contribution is -2.51. The van der Waals surface area contributed by atoms with Crippen molar-refractivity contribution >= 4 is 11.9 Å². The molecule has 5 heteroatoms. The number of carboxylic acid groups (broad SMARTS) is 1. The van der Waals surface area contributed by atoms with Crippen LogP contribution in [-0.2, 0) is 9.59 Å². The standard InChI is InChI=1S/C12H22N2O3/c1-3-8(2)10(13)11(15)14-6-4-5-9(7-14)12(16)17/h8-10H,3-7,13H2,1-2H3,(H,16,17)/t8?,9-,10?/m1/s1. The van der Waals surface area contributed by atoms with Gasteiger partial charge in [0.15, 0.2) is 0 Å². The molecule has 17 heavy (non-hydrogen) atoms. The van der Waals surface area contributed by atoms with Gasteiger partial charge < -0.3 is 15.7 Å². The maximum Gasteiger partial charge on any atom is 0.308 e. The molecule has 0 saturated carbocycles. The van der Waals surface area contributed by atoms with Gasteiger partial charge in [-0.15, -0.1) is 0 Å². The Morgan fingerprint density at radius 3 is 2.71 bits per heavy atom. The maximum atomic E-state index is 12.1. The summed E-state index contributed by atoms with van der Waals surface area (Å²) in [5, 5.41) is 8.96. The van der Waals surface area contributed by atoms with Crippen molar-refractivity contribution in [2.75, 3.05) is 13.1 Å². The second kappa shape index (κ2) is 6.00. The molecule has 0 bridgehead atoms. The fourth-order valence-corrected chi connectivity index (χ4v) is 2.09. The van der Waals surface area contributed by atoms with E-state index in [9.17, 15) is 9.59 Å². The molecule has 1 heterocycles. The Kier molecular flexibility index (Phi) is 4.93. The molecule has 5 nitrogen and oxygen atoms in total. The SMILES string of the molecule is CCC(C)C(N)C(=O)N1CCC[C@@H](C(=O)O)C1. The largest absolute Gasteiger partial charge is 0.481 e. The van der Waals surface area contributed by atoms with Gasteiger partial charge in [-0.1, -0.05) is 20.3 Å². The number of carbonyl (C=O) groups excluding carboxylic acids is 1. The number of hydrogen-bond acceptors (Lipinski definition) is 3. The van der Waals surface area contributed by atoms with Crippen LogP contribution in [0, 0.1) is 11.8 Å². The van der Waals surface area contributed by atoms with Crippen molar-refractivity contribution in [1.29, 1.82) is 0 Å². The van der Waals surface area contributed by atoms with Crippen molar-refractivity contribution in [1.82, 2.24) is 4.90 Å². The molecule has 0 aliphatic carbocycles. The van der Waals surface area contributed by atoms with Crippen molar-refractivity contribution in [2.24, 2.45) is 17.6 Å². The van der Waals surface area contributed by atoms with Crippen molar-refractivity contribution in [2.45, 2.75) is 39.2 Å². The first kappa shape index (κ1) is 14.0. The van der Waals surface area contributed by atoms with Gasteiger partial charge in [-0.3, -0.25) is 9.59 Å². The van der Waals surface area contributed by atoms with Gasteiger partial charge in [0.05, 0.1) is 12.0 Å². The van der Waals surface area contributed by atoms with Gasteiger partial charge in [0.1, 0.15) is 0 Å². The molecule has 0 aromatic carbocycles. The van der Waals surface area contributed by atoms with Crippen molar-refractivity contribution in [3.63, 3.8) is 0 Å². The summed E-state index contributed by atoms with van der Waals surface area (Å²) in [6.45, 7) is 4.88. The van der Waals surface area contributed by atoms with Gasteiger partial charge in [0.2, 0.25) is 5.91 Å². The molecular formula is C12H22N2O3. The van der Waals surface area contributed by atoms with Crippen LogP contribution in [0.15, 0.2) is 0 Å². The maximum absolute atomic E-state index is 12.1. The fourth-order valence-electron chi connectivity index (χ4n) is 2.09. The molecule has 3 N–H and O–H groups in total. The van der Waals surface area contributed by atoms with Crippen LogP contribution in [0.25, 0.3) is 0 Å². The number of amides is 1. The smallest absolute Gasteiger partial charge is 0.308 e. The lowest BCUT2D eigenvalue weighted by atomic mass is 9.94. The van der Waals surface area contributed by atoms with Crippen LogP contribution in [-0.4, -0.2) is 41.0 Å². The van der Waals surface area contributed by atoms with Crippen molar-refractivity contribution in [3.05, 3.63) is 0 Å². The predicted octanol–water partition coefficient (Wildman–Crippen LogP) is 0.683. The third-order valence-electron chi connectivity index (χ3n) is 3.62. The monoisotopic (exact) mass is 242 g/mol. The molecule has 3 atom stereocenters. The Labute approximate surface area is 102 Å². The number of hydrogen-bond donors (Lipinski definition) is 2. The topological polar surface area (TPSA) is 83.6 Å². The Morgan fingerprint density at radius 1 is 1.53 bits per heavy atom. The summed E-state index contributed by atoms with van der Waals surface area (Å²) in [4.78, 5) is 24.6. The van der Waals surface area contributed by atoms with E-state index in [1.54, 1.807) is 4.90 Å². The van der Waals surface area contributed by atoms with E-state index >= 15 is 0 Å². The second-order valence-electron chi connectivity index (χ2n) is 4.87. The van der Waals surface area contributed by atoms with Crippen LogP contribution in [0.5, 0.6) is 0 Å². The average Bonchev–Trinajstić information content (AvgIpc) is 2.36. The fraction of sp³-hybridized carbons (Fsp3) is 0.833. The molecule has 0 spiro atoms. The quantitative estimate of drug-likeness (QED) is 0.759. The number of rotatable bonds is 4. The summed E-state index contributed by atoms with van der Waals surface area (Å²) in [6, 6.07) is -0.507. The highest BCUT2D eigenvalue weighted by molar-refractivity contribution is 5.82. The molecular weight excluding hydrogens is 220 g/mol. The lowest BCUT2D eigenvalue weighted by molar-refractivity contribution is -0.146. The van der Waals surface area contributed by atoms with Crippen LogP contribution in [0.3, 0.4) is 0 Å². The number of nitrogens with two attached hydrogens (primary N) is 1. The summed E-state index contributed by atoms with van der Waals surface area (Å²) in [5.41, 5.74) is 5.89. The molecule has 0 radical (unpaired) electrons. The molecule has 1 aliphatic rings. The molecule has 1 amide bonds. The first-order valence-electron chi connectivity index (χ1n) is 6.24. The van der Waals surface area contributed by atoms with Crippen LogP contribution < -0.4 is 5.73 Å². The highest BCUT2D eigenvalue weighted by Gasteiger charge is 2.31. The van der Waals surface area contributed by atoms with Crippen molar-refractivity contribution in [3.8, 4) is 0 Å². The Bertz CT molecular complexity index is 293. The van der Waals surface area contributed by atoms with Gasteiger partial charge in [-0.25, -0.2) is 0 Å². The van der Waals surface area contributed by atoms with E-state index in [1.807, 2.05) is 13.8 Å². The van der Waals surface area contributed by atoms with Gasteiger partial charge >= 0.3 is 5.97 Å². The van der Waals surface area contributed by atoms with Crippen LogP contribution in [0.2, 0.25) is 0 Å². The van der Waals surface area contributed by atoms with E-state index in [-0.39, 0.29) is 11.8 Å². The number of aliphatic carboxylic acids is 1. The Morgan fingerprint density at radius 2 is 2.18 bits per heavy atom. The summed E-state index contributed by atoms with van der Waals surface area (Å²) >= 11 is 0. The third kappa shape index (κ3) is 3.43. The predicted molar refractivity (Wildman–Crippen MR) is 64.4 cm³/mol. The van der Waals surface area contributed by atoms with E-state index in [4.69, 9.17) is 10.8 Å². The number of piperidine rings is 1. The molecule has 0 aromatic heterocycles. The summed E-state index contributed by atoms with van der Waals surface area (Å²) in [5.74, 6) is -1.23. The zero-order valence-electron chi connectivity index (χ0n) is 10.6. The molecule has 98 valence electrons. The zero-order valence-corrected chi connectivity index (χ0v) is 10.6. The van der Waals surface area contributed by atoms with E-state index in [0.717, 1.165) is 12.8 Å². The minimum Gasteiger partial charge on any atom is -0.481 e. The van der Waals surface area contributed by atoms with Crippen LogP contribution in [0.4, 0.5) is 0 Å². The van der Waals surface area contributed by atoms with E-state index in [1.165, 1.54) is 0 Å². The summed E-state index contributed by atoms with van der Waals surface area (Å²) < 4.78 is 0. The highest BCUT2D eigenvalue weighted by atomic mass is 16.4. The Hall–Kier alpha value is -1.10. The normalized spacial score (nSPS) is 24.2. The van der Waals surface area contributed by atoms with E-state index in [2.05, 4.69) is 0 Å². The third-order valence-corrected chi connectivity index (χ3v) is 3.62. The minimum atomic E-state index is -0.820. The molecule has 2 unspecified atom stereocenters. The number of nitrogens with zero attached hydrogens (tertiary/aromatic N) is 1. The Balaban J connectivity index is 2.60. The van der Waals surface area contributed by atoms with Crippen LogP contribution in [0.1, 0.15) is 33.1 Å². The molecule has 1 rings (SSSR count). The van der Waals surface area contributed by atoms with E-state index in [0.29, 0.717) is 19.5 Å². The average molecular weight is 242 g/mol. The van der Waals surface area contributed by atoms with E-state index < -0.39 is 17.9 Å². The van der Waals surface area contributed by atoms with Gasteiger partial charge in [0.25, 0.3) is 0 Å². The lowest BCUT2D eigenvalue weighted by Gasteiger charge is -2.33. The molecule has 0 aromatic rings. The molecule has 1 saturated heterocycles. The zero-order chi connectivity index (χ0) is 13.0. The summed E-state index contributed by atoms with van der Waals surface area (Å²) in [6.07, 6.45) is 2.25. The van der Waals surface area contributed by atoms with Gasteiger partial charge in [-0.2, -0.15) is 0 Å². The molecule has 1 fully saturated rings. The number of likely N-dealkylation sites (tertiary alicyclic amines) is 1. The van der Waals surface area contributed by atoms with Gasteiger partial charge in [-0.05, 0) is 18.8 Å². The molecule has 1 aliphatic heterocycles. The van der Waals surface area contributed by atoms with Crippen molar-refractivity contribution < 1.29 is 14.7 Å². The number of carboxylic acids is 1. The van der Waals surface area contributed by atoms with Gasteiger partial charge in [0, 0.05) is 13.1 Å². The highest BCUT2D eigenvalue weighted by Crippen LogP contribution is 2.18. The summed E-state index contributed by atoms with van der Waals surface area (Å²) in [7, 11) is 0. The van der Waals surface area contributed by atoms with Crippen LogP contribution >= 0.6 is 0 Å². The minimum absolute atomic E-state index is 0.106. The second-order valence-corrected chi connectivity index (χ2v) is 4.87. The first-order valence-corrected chi connectivity index (χ1v) is 6.24. The number of carbonyl (C=O) groups is 2. The first-order chi connectivity index (χ1) is 7.97.